The van der Waals surface area contributed by atoms with Gasteiger partial charge in [0.05, 0.1) is 35.7 Å². The van der Waals surface area contributed by atoms with Crippen molar-refractivity contribution < 1.29 is 17.9 Å². The number of likely N-dealkylation sites (tertiary alicyclic amines) is 1. The molecule has 12 nitrogen and oxygen atoms in total. The minimum Gasteiger partial charge on any atom is -0.444 e. The highest BCUT2D eigenvalue weighted by Crippen LogP contribution is 2.28. The number of hydrogen-bond acceptors (Lipinski definition) is 10. The summed E-state index contributed by atoms with van der Waals surface area (Å²) in [5.41, 5.74) is 0.548. The van der Waals surface area contributed by atoms with E-state index in [-0.39, 0.29) is 23.5 Å². The molecule has 0 radical (unpaired) electrons. The van der Waals surface area contributed by atoms with E-state index in [2.05, 4.69) is 30.3 Å². The number of anilines is 4. The molecule has 0 aliphatic carbocycles. The van der Waals surface area contributed by atoms with Gasteiger partial charge in [-0.25, -0.2) is 28.2 Å². The zero-order valence-electron chi connectivity index (χ0n) is 20.9. The lowest BCUT2D eigenvalue weighted by Crippen LogP contribution is -2.42. The summed E-state index contributed by atoms with van der Waals surface area (Å²) in [6, 6.07) is 3.59. The predicted octanol–water partition coefficient (Wildman–Crippen LogP) is 3.31. The van der Waals surface area contributed by atoms with Crippen molar-refractivity contribution in [2.24, 2.45) is 5.92 Å². The number of piperidine rings is 1. The third kappa shape index (κ3) is 7.94. The van der Waals surface area contributed by atoms with Gasteiger partial charge in [0.25, 0.3) is 0 Å². The minimum absolute atomic E-state index is 0.0730. The van der Waals surface area contributed by atoms with E-state index in [0.717, 1.165) is 12.8 Å². The van der Waals surface area contributed by atoms with Crippen LogP contribution < -0.4 is 15.4 Å². The van der Waals surface area contributed by atoms with Crippen molar-refractivity contribution in [2.75, 3.05) is 40.7 Å². The standard InChI is InChI=1S/C23H32N8O4S/c1-5-36(33,34)30-19-14-28-20(29-21-15-25-17(11-24)13-27-21)10-18(19)26-12-16-6-8-31(9-7-16)22(32)35-23(2,3)4/h10,13-16,30H,5-9,12H2,1-4H3,(H2,26,27,28,29). The Balaban J connectivity index is 1.68. The van der Waals surface area contributed by atoms with Gasteiger partial charge in [-0.15, -0.1) is 0 Å². The number of carbonyl (C=O) groups excluding carboxylic acids is 1. The molecule has 13 heteroatoms. The molecule has 3 N–H and O–H groups in total. The number of pyridine rings is 1. The summed E-state index contributed by atoms with van der Waals surface area (Å²) in [5.74, 6) is 1.03. The Bertz CT molecular complexity index is 1200. The van der Waals surface area contributed by atoms with Crippen molar-refractivity contribution in [2.45, 2.75) is 46.1 Å². The number of nitriles is 1. The molecule has 1 fully saturated rings. The Morgan fingerprint density at radius 3 is 2.42 bits per heavy atom. The van der Waals surface area contributed by atoms with Crippen molar-refractivity contribution >= 4 is 39.1 Å². The Labute approximate surface area is 211 Å². The quantitative estimate of drug-likeness (QED) is 0.474. The summed E-state index contributed by atoms with van der Waals surface area (Å²) < 4.78 is 32.4. The smallest absolute Gasteiger partial charge is 0.410 e. The topological polar surface area (TPSA) is 162 Å². The van der Waals surface area contributed by atoms with Crippen molar-refractivity contribution in [1.82, 2.24) is 19.9 Å². The van der Waals surface area contributed by atoms with Gasteiger partial charge < -0.3 is 20.3 Å². The molecule has 3 heterocycles. The van der Waals surface area contributed by atoms with E-state index >= 15 is 0 Å². The molecule has 0 unspecified atom stereocenters. The van der Waals surface area contributed by atoms with Crippen LogP contribution in [-0.4, -0.2) is 65.4 Å². The predicted molar refractivity (Wildman–Crippen MR) is 136 cm³/mol. The summed E-state index contributed by atoms with van der Waals surface area (Å²) in [6.45, 7) is 8.87. The molecule has 1 aliphatic heterocycles. The lowest BCUT2D eigenvalue weighted by molar-refractivity contribution is 0.0188. The molecule has 1 amide bonds. The Hall–Kier alpha value is -3.66. The van der Waals surface area contributed by atoms with Crippen LogP contribution in [0.15, 0.2) is 24.7 Å². The van der Waals surface area contributed by atoms with Gasteiger partial charge in [-0.1, -0.05) is 0 Å². The third-order valence-electron chi connectivity index (χ3n) is 5.42. The third-order valence-corrected chi connectivity index (χ3v) is 6.71. The molecule has 1 saturated heterocycles. The molecule has 194 valence electrons. The van der Waals surface area contributed by atoms with Crippen LogP contribution >= 0.6 is 0 Å². The molecule has 2 aromatic rings. The van der Waals surface area contributed by atoms with Gasteiger partial charge in [0.1, 0.15) is 23.3 Å². The van der Waals surface area contributed by atoms with Gasteiger partial charge in [0, 0.05) is 25.7 Å². The van der Waals surface area contributed by atoms with E-state index < -0.39 is 15.6 Å². The lowest BCUT2D eigenvalue weighted by atomic mass is 9.97. The summed E-state index contributed by atoms with van der Waals surface area (Å²) in [5, 5.41) is 15.2. The number of nitrogens with zero attached hydrogens (tertiary/aromatic N) is 5. The Morgan fingerprint density at radius 1 is 1.14 bits per heavy atom. The van der Waals surface area contributed by atoms with Crippen molar-refractivity contribution in [3.8, 4) is 6.07 Å². The van der Waals surface area contributed by atoms with Gasteiger partial charge in [-0.3, -0.25) is 4.72 Å². The van der Waals surface area contributed by atoms with Crippen LogP contribution in [0.5, 0.6) is 0 Å². The van der Waals surface area contributed by atoms with Gasteiger partial charge in [0.15, 0.2) is 5.69 Å². The second-order valence-electron chi connectivity index (χ2n) is 9.44. The number of hydrogen-bond donors (Lipinski definition) is 3. The molecule has 0 bridgehead atoms. The normalized spacial score (nSPS) is 14.6. The first-order valence-electron chi connectivity index (χ1n) is 11.7. The first-order valence-corrected chi connectivity index (χ1v) is 13.3. The van der Waals surface area contributed by atoms with Crippen LogP contribution in [0.3, 0.4) is 0 Å². The van der Waals surface area contributed by atoms with Gasteiger partial charge in [-0.05, 0) is 46.5 Å². The highest BCUT2D eigenvalue weighted by atomic mass is 32.2. The SMILES string of the molecule is CCS(=O)(=O)Nc1cnc(Nc2cnc(C#N)cn2)cc1NCC1CCN(C(=O)OC(C)(C)C)CC1. The fourth-order valence-electron chi connectivity index (χ4n) is 3.47. The summed E-state index contributed by atoms with van der Waals surface area (Å²) >= 11 is 0. The van der Waals surface area contributed by atoms with E-state index in [1.807, 2.05) is 26.8 Å². The second-order valence-corrected chi connectivity index (χ2v) is 11.4. The van der Waals surface area contributed by atoms with Crippen LogP contribution in [0.4, 0.5) is 27.8 Å². The van der Waals surface area contributed by atoms with E-state index in [1.54, 1.807) is 17.9 Å². The summed E-state index contributed by atoms with van der Waals surface area (Å²) in [4.78, 5) is 26.4. The number of ether oxygens (including phenoxy) is 1. The van der Waals surface area contributed by atoms with Crippen molar-refractivity contribution in [3.63, 3.8) is 0 Å². The molecule has 0 aromatic carbocycles. The van der Waals surface area contributed by atoms with Crippen molar-refractivity contribution in [1.29, 1.82) is 5.26 Å². The first kappa shape index (κ1) is 26.9. The number of rotatable bonds is 8. The maximum atomic E-state index is 12.3. The fraction of sp³-hybridized carbons (Fsp3) is 0.522. The molecule has 3 rings (SSSR count). The number of amides is 1. The molecule has 2 aromatic heterocycles. The second kappa shape index (κ2) is 11.4. The van der Waals surface area contributed by atoms with Crippen LogP contribution in [0.2, 0.25) is 0 Å². The Morgan fingerprint density at radius 2 is 1.83 bits per heavy atom. The molecule has 1 aliphatic rings. The van der Waals surface area contributed by atoms with Crippen LogP contribution in [0, 0.1) is 17.2 Å². The maximum absolute atomic E-state index is 12.3. The molecule has 0 saturated carbocycles. The monoisotopic (exact) mass is 516 g/mol. The zero-order valence-corrected chi connectivity index (χ0v) is 21.7. The van der Waals surface area contributed by atoms with E-state index in [1.165, 1.54) is 18.6 Å². The molecule has 0 atom stereocenters. The minimum atomic E-state index is -3.51. The molecular formula is C23H32N8O4S. The zero-order chi connectivity index (χ0) is 26.3. The average molecular weight is 517 g/mol. The first-order chi connectivity index (χ1) is 17.0. The summed E-state index contributed by atoms with van der Waals surface area (Å²) in [7, 11) is -3.51. The number of nitrogens with one attached hydrogen (secondary N) is 3. The van der Waals surface area contributed by atoms with Gasteiger partial charge in [-0.2, -0.15) is 5.26 Å². The number of aromatic nitrogens is 3. The van der Waals surface area contributed by atoms with Gasteiger partial charge in [0.2, 0.25) is 10.0 Å². The van der Waals surface area contributed by atoms with Crippen LogP contribution in [0.25, 0.3) is 0 Å². The maximum Gasteiger partial charge on any atom is 0.410 e. The summed E-state index contributed by atoms with van der Waals surface area (Å²) in [6.07, 6.45) is 5.47. The largest absolute Gasteiger partial charge is 0.444 e. The van der Waals surface area contributed by atoms with Crippen LogP contribution in [0.1, 0.15) is 46.2 Å². The van der Waals surface area contributed by atoms with E-state index in [9.17, 15) is 13.2 Å². The molecule has 0 spiro atoms. The fourth-order valence-corrected chi connectivity index (χ4v) is 4.12. The lowest BCUT2D eigenvalue weighted by Gasteiger charge is -2.33. The highest BCUT2D eigenvalue weighted by Gasteiger charge is 2.27. The average Bonchev–Trinajstić information content (AvgIpc) is 2.83. The van der Waals surface area contributed by atoms with Crippen LogP contribution in [-0.2, 0) is 14.8 Å². The van der Waals surface area contributed by atoms with Crippen molar-refractivity contribution in [3.05, 3.63) is 30.4 Å². The Kier molecular flexibility index (Phi) is 8.52. The van der Waals surface area contributed by atoms with E-state index in [4.69, 9.17) is 10.00 Å². The molecule has 36 heavy (non-hydrogen) atoms. The van der Waals surface area contributed by atoms with E-state index in [0.29, 0.717) is 42.6 Å². The number of sulfonamides is 1. The molecular weight excluding hydrogens is 484 g/mol. The number of carbonyl (C=O) groups is 1. The van der Waals surface area contributed by atoms with Gasteiger partial charge >= 0.3 is 6.09 Å². The highest BCUT2D eigenvalue weighted by molar-refractivity contribution is 7.92.